The largest absolute Gasteiger partial charge is 0.223 e. The zero-order valence-corrected chi connectivity index (χ0v) is 3.34. The van der Waals surface area contributed by atoms with E-state index in [1.165, 1.54) is 0 Å². The van der Waals surface area contributed by atoms with E-state index in [1.807, 2.05) is 0 Å². The van der Waals surface area contributed by atoms with E-state index in [-0.39, 0.29) is 0 Å². The first-order valence-corrected chi connectivity index (χ1v) is 1.59. The van der Waals surface area contributed by atoms with Gasteiger partial charge in [0.15, 0.2) is 5.84 Å². The summed E-state index contributed by atoms with van der Waals surface area (Å²) in [6.45, 7) is 1.77. The van der Waals surface area contributed by atoms with Gasteiger partial charge in [-0.2, -0.15) is 0 Å². The van der Waals surface area contributed by atoms with Gasteiger partial charge in [0.05, 0.1) is 0 Å². The summed E-state index contributed by atoms with van der Waals surface area (Å²) in [7, 11) is 0. The minimum absolute atomic E-state index is 0.676. The second kappa shape index (κ2) is 1.08. The minimum Gasteiger partial charge on any atom is -0.207 e. The molecule has 6 heavy (non-hydrogen) atoms. The van der Waals surface area contributed by atoms with Crippen LogP contribution in [0.25, 0.3) is 0 Å². The Balaban J connectivity index is 2.61. The minimum atomic E-state index is 0.676. The summed E-state index contributed by atoms with van der Waals surface area (Å²) in [5.41, 5.74) is 3.50. The van der Waals surface area contributed by atoms with Crippen molar-refractivity contribution in [3.05, 3.63) is 0 Å². The summed E-state index contributed by atoms with van der Waals surface area (Å²) >= 11 is 0. The van der Waals surface area contributed by atoms with Crippen molar-refractivity contribution in [3.63, 3.8) is 0 Å². The summed E-state index contributed by atoms with van der Waals surface area (Å²) in [5.74, 6) is 0.676. The molecule has 0 amide bonds. The summed E-state index contributed by atoms with van der Waals surface area (Å²) in [4.78, 5) is 3.57. The molecule has 1 rings (SSSR count). The molecule has 0 atom stereocenters. The highest BCUT2D eigenvalue weighted by molar-refractivity contribution is 5.89. The predicted octanol–water partition coefficient (Wildman–Crippen LogP) is -0.157. The van der Waals surface area contributed by atoms with Crippen molar-refractivity contribution in [2.45, 2.75) is 6.92 Å². The maximum Gasteiger partial charge on any atom is 0.223 e. The molecule has 3 heteroatoms. The first kappa shape index (κ1) is 3.33. The maximum absolute atomic E-state index is 3.57. The van der Waals surface area contributed by atoms with Crippen LogP contribution >= 0.6 is 0 Å². The third-order valence-corrected chi connectivity index (χ3v) is 0.451. The van der Waals surface area contributed by atoms with E-state index in [4.69, 9.17) is 0 Å². The number of aliphatic imine (C=N–C) groups is 1. The Labute approximate surface area is 35.8 Å². The van der Waals surface area contributed by atoms with Crippen molar-refractivity contribution in [1.82, 2.24) is 5.43 Å². The molecule has 0 saturated carbocycles. The molecule has 30 valence electrons. The van der Waals surface area contributed by atoms with Gasteiger partial charge in [-0.05, 0) is 6.92 Å². The van der Waals surface area contributed by atoms with Crippen LogP contribution in [0.15, 0.2) is 10.1 Å². The van der Waals surface area contributed by atoms with Gasteiger partial charge in [0, 0.05) is 0 Å². The molecule has 0 bridgehead atoms. The Morgan fingerprint density at radius 3 is 2.67 bits per heavy atom. The van der Waals surface area contributed by atoms with E-state index >= 15 is 0 Å². The lowest BCUT2D eigenvalue weighted by Gasteiger charge is -1.75. The molecule has 0 spiro atoms. The Hall–Kier alpha value is -0.860. The van der Waals surface area contributed by atoms with E-state index in [1.54, 1.807) is 6.92 Å². The first-order valence-electron chi connectivity index (χ1n) is 1.59. The fourth-order valence-corrected chi connectivity index (χ4v) is 0.212. The van der Waals surface area contributed by atoms with Crippen LogP contribution in [-0.2, 0) is 0 Å². The van der Waals surface area contributed by atoms with Crippen molar-refractivity contribution in [1.29, 1.82) is 0 Å². The number of rotatable bonds is 0. The van der Waals surface area contributed by atoms with Gasteiger partial charge in [0.2, 0.25) is 6.34 Å². The molecule has 2 radical (unpaired) electrons. The standard InChI is InChI=1S/C3H3N3/c1-3-4-2-5-6-3/h1H3. The Kier molecular flexibility index (Phi) is 0.602. The van der Waals surface area contributed by atoms with Crippen LogP contribution in [0.3, 0.4) is 0 Å². The molecule has 0 aliphatic carbocycles. The Bertz CT molecular complexity index is 103. The van der Waals surface area contributed by atoms with Crippen molar-refractivity contribution < 1.29 is 0 Å². The van der Waals surface area contributed by atoms with Crippen LogP contribution in [0.4, 0.5) is 0 Å². The first-order chi connectivity index (χ1) is 2.89. The molecule has 1 aliphatic heterocycles. The van der Waals surface area contributed by atoms with Gasteiger partial charge in [-0.3, -0.25) is 0 Å². The van der Waals surface area contributed by atoms with Crippen molar-refractivity contribution >= 4 is 12.2 Å². The highest BCUT2D eigenvalue weighted by atomic mass is 15.4. The SMILES string of the molecule is CC1=N[C]=N[N]1. The highest BCUT2D eigenvalue weighted by Gasteiger charge is 1.91. The van der Waals surface area contributed by atoms with Gasteiger partial charge in [-0.15, -0.1) is 10.5 Å². The normalized spacial score (nSPS) is 17.2. The molecule has 3 nitrogen and oxygen atoms in total. The van der Waals surface area contributed by atoms with Gasteiger partial charge in [0.25, 0.3) is 0 Å². The monoisotopic (exact) mass is 81.0 g/mol. The molecule has 1 aliphatic rings. The van der Waals surface area contributed by atoms with Crippen LogP contribution in [0.5, 0.6) is 0 Å². The van der Waals surface area contributed by atoms with Gasteiger partial charge >= 0.3 is 0 Å². The van der Waals surface area contributed by atoms with Crippen LogP contribution in [0.1, 0.15) is 6.92 Å². The molecule has 1 heterocycles. The second-order valence-electron chi connectivity index (χ2n) is 0.959. The average molecular weight is 81.1 g/mol. The lowest BCUT2D eigenvalue weighted by molar-refractivity contribution is 1.04. The van der Waals surface area contributed by atoms with E-state index in [0.717, 1.165) is 0 Å². The Morgan fingerprint density at radius 2 is 2.50 bits per heavy atom. The summed E-state index contributed by atoms with van der Waals surface area (Å²) in [6, 6.07) is 0. The fourth-order valence-electron chi connectivity index (χ4n) is 0.212. The van der Waals surface area contributed by atoms with E-state index in [0.29, 0.717) is 5.84 Å². The topological polar surface area (TPSA) is 38.8 Å². The summed E-state index contributed by atoms with van der Waals surface area (Å²) in [5, 5.41) is 3.34. The lowest BCUT2D eigenvalue weighted by atomic mass is 10.7. The third kappa shape index (κ3) is 0.381. The molecule has 0 aromatic heterocycles. The molecule has 0 unspecified atom stereocenters. The van der Waals surface area contributed by atoms with Gasteiger partial charge in [-0.25, -0.2) is 4.99 Å². The third-order valence-electron chi connectivity index (χ3n) is 0.451. The predicted molar refractivity (Wildman–Crippen MR) is 22.7 cm³/mol. The molecular formula is C3H3N3. The second-order valence-corrected chi connectivity index (χ2v) is 0.959. The average Bonchev–Trinajstić information content (AvgIpc) is 1.86. The van der Waals surface area contributed by atoms with Crippen molar-refractivity contribution in [3.8, 4) is 0 Å². The quantitative estimate of drug-likeness (QED) is 0.389. The highest BCUT2D eigenvalue weighted by Crippen LogP contribution is 1.78. The Morgan fingerprint density at radius 1 is 1.67 bits per heavy atom. The van der Waals surface area contributed by atoms with Gasteiger partial charge < -0.3 is 0 Å². The molecule has 0 aromatic carbocycles. The number of amidine groups is 1. The smallest absolute Gasteiger partial charge is 0.207 e. The number of hydrogen-bond acceptors (Lipinski definition) is 2. The van der Waals surface area contributed by atoms with E-state index in [9.17, 15) is 0 Å². The van der Waals surface area contributed by atoms with Gasteiger partial charge in [-0.1, -0.05) is 0 Å². The molecule has 0 fully saturated rings. The number of hydrogen-bond donors (Lipinski definition) is 0. The molecule has 0 N–H and O–H groups in total. The maximum atomic E-state index is 3.57. The summed E-state index contributed by atoms with van der Waals surface area (Å²) < 4.78 is 0. The van der Waals surface area contributed by atoms with E-state index in [2.05, 4.69) is 21.9 Å². The van der Waals surface area contributed by atoms with Crippen LogP contribution in [-0.4, -0.2) is 12.2 Å². The van der Waals surface area contributed by atoms with Crippen LogP contribution < -0.4 is 5.43 Å². The zero-order valence-electron chi connectivity index (χ0n) is 3.34. The fraction of sp³-hybridized carbons (Fsp3) is 0.333. The molecular weight excluding hydrogens is 78.1 g/mol. The van der Waals surface area contributed by atoms with Crippen molar-refractivity contribution in [2.75, 3.05) is 0 Å². The van der Waals surface area contributed by atoms with Crippen LogP contribution in [0.2, 0.25) is 0 Å². The molecule has 0 saturated heterocycles. The van der Waals surface area contributed by atoms with Gasteiger partial charge in [0.1, 0.15) is 0 Å². The molecule has 0 aromatic rings. The van der Waals surface area contributed by atoms with Crippen molar-refractivity contribution in [2.24, 2.45) is 10.1 Å². The lowest BCUT2D eigenvalue weighted by Crippen LogP contribution is -1.96. The summed E-state index contributed by atoms with van der Waals surface area (Å²) in [6.07, 6.45) is 2.32. The number of nitrogens with zero attached hydrogens (tertiary/aromatic N) is 3. The van der Waals surface area contributed by atoms with E-state index < -0.39 is 0 Å². The zero-order chi connectivity index (χ0) is 4.41. The van der Waals surface area contributed by atoms with Crippen LogP contribution in [0, 0.1) is 0 Å².